The Bertz CT molecular complexity index is 826. The van der Waals surface area contributed by atoms with Crippen molar-refractivity contribution < 1.29 is 4.74 Å². The number of benzene rings is 1. The van der Waals surface area contributed by atoms with Crippen molar-refractivity contribution in [1.29, 1.82) is 5.26 Å². The SMILES string of the molecule is CCOc1ccc(-c2cn3c(C)c(C#N)ccc3n2)cc1. The van der Waals surface area contributed by atoms with Gasteiger partial charge in [0.1, 0.15) is 17.5 Å². The minimum Gasteiger partial charge on any atom is -0.494 e. The number of aryl methyl sites for hydroxylation is 1. The average Bonchev–Trinajstić information content (AvgIpc) is 2.94. The molecule has 3 rings (SSSR count). The van der Waals surface area contributed by atoms with Crippen LogP contribution in [0.2, 0.25) is 0 Å². The van der Waals surface area contributed by atoms with Gasteiger partial charge in [-0.05, 0) is 50.2 Å². The topological polar surface area (TPSA) is 50.3 Å². The number of rotatable bonds is 3. The van der Waals surface area contributed by atoms with Crippen LogP contribution in [0.4, 0.5) is 0 Å². The number of aromatic nitrogens is 2. The molecule has 4 nitrogen and oxygen atoms in total. The monoisotopic (exact) mass is 277 g/mol. The third-order valence-electron chi connectivity index (χ3n) is 3.46. The lowest BCUT2D eigenvalue weighted by Gasteiger charge is -2.03. The Kier molecular flexibility index (Phi) is 3.33. The first-order valence-electron chi connectivity index (χ1n) is 6.85. The normalized spacial score (nSPS) is 10.5. The second-order valence-corrected chi connectivity index (χ2v) is 4.76. The lowest BCUT2D eigenvalue weighted by atomic mass is 10.1. The van der Waals surface area contributed by atoms with Gasteiger partial charge < -0.3 is 9.14 Å². The molecule has 0 aliphatic rings. The van der Waals surface area contributed by atoms with Crippen LogP contribution in [-0.4, -0.2) is 16.0 Å². The van der Waals surface area contributed by atoms with Gasteiger partial charge in [-0.15, -0.1) is 0 Å². The molecule has 0 spiro atoms. The molecule has 0 N–H and O–H groups in total. The van der Waals surface area contributed by atoms with Gasteiger partial charge in [-0.1, -0.05) is 0 Å². The Balaban J connectivity index is 2.05. The molecule has 0 saturated heterocycles. The number of imidazole rings is 1. The smallest absolute Gasteiger partial charge is 0.137 e. The highest BCUT2D eigenvalue weighted by molar-refractivity contribution is 5.64. The van der Waals surface area contributed by atoms with Gasteiger partial charge in [0.15, 0.2) is 0 Å². The van der Waals surface area contributed by atoms with E-state index in [1.807, 2.05) is 54.8 Å². The summed E-state index contributed by atoms with van der Waals surface area (Å²) >= 11 is 0. The van der Waals surface area contributed by atoms with Gasteiger partial charge in [-0.3, -0.25) is 0 Å². The number of fused-ring (bicyclic) bond motifs is 1. The third kappa shape index (κ3) is 2.34. The molecule has 3 aromatic rings. The first-order chi connectivity index (χ1) is 10.2. The summed E-state index contributed by atoms with van der Waals surface area (Å²) in [6, 6.07) is 13.7. The quantitative estimate of drug-likeness (QED) is 0.735. The molecule has 2 aromatic heterocycles. The van der Waals surface area contributed by atoms with Crippen LogP contribution in [0.1, 0.15) is 18.2 Å². The Morgan fingerprint density at radius 2 is 1.95 bits per heavy atom. The molecule has 0 amide bonds. The molecule has 2 heterocycles. The fraction of sp³-hybridized carbons (Fsp3) is 0.176. The van der Waals surface area contributed by atoms with Gasteiger partial charge in [0.2, 0.25) is 0 Å². The second-order valence-electron chi connectivity index (χ2n) is 4.76. The van der Waals surface area contributed by atoms with Crippen molar-refractivity contribution in [2.24, 2.45) is 0 Å². The predicted molar refractivity (Wildman–Crippen MR) is 81.2 cm³/mol. The van der Waals surface area contributed by atoms with E-state index >= 15 is 0 Å². The van der Waals surface area contributed by atoms with Crippen molar-refractivity contribution in [2.75, 3.05) is 6.61 Å². The van der Waals surface area contributed by atoms with Crippen LogP contribution in [0.5, 0.6) is 5.75 Å². The molecular weight excluding hydrogens is 262 g/mol. The molecule has 0 aliphatic carbocycles. The molecule has 0 saturated carbocycles. The summed E-state index contributed by atoms with van der Waals surface area (Å²) in [6.45, 7) is 4.55. The largest absolute Gasteiger partial charge is 0.494 e. The zero-order valence-electron chi connectivity index (χ0n) is 12.0. The van der Waals surface area contributed by atoms with E-state index in [1.54, 1.807) is 6.07 Å². The fourth-order valence-electron chi connectivity index (χ4n) is 2.33. The predicted octanol–water partition coefficient (Wildman–Crippen LogP) is 3.58. The maximum absolute atomic E-state index is 9.09. The first kappa shape index (κ1) is 13.2. The number of nitrogens with zero attached hydrogens (tertiary/aromatic N) is 3. The maximum atomic E-state index is 9.09. The average molecular weight is 277 g/mol. The number of ether oxygens (including phenoxy) is 1. The van der Waals surface area contributed by atoms with Crippen molar-refractivity contribution in [3.63, 3.8) is 0 Å². The van der Waals surface area contributed by atoms with E-state index in [0.717, 1.165) is 28.3 Å². The Morgan fingerprint density at radius 1 is 1.19 bits per heavy atom. The van der Waals surface area contributed by atoms with Crippen LogP contribution in [-0.2, 0) is 0 Å². The van der Waals surface area contributed by atoms with Crippen molar-refractivity contribution in [2.45, 2.75) is 13.8 Å². The molecule has 104 valence electrons. The van der Waals surface area contributed by atoms with Crippen molar-refractivity contribution in [1.82, 2.24) is 9.38 Å². The Morgan fingerprint density at radius 3 is 2.62 bits per heavy atom. The third-order valence-corrected chi connectivity index (χ3v) is 3.46. The lowest BCUT2D eigenvalue weighted by Crippen LogP contribution is -1.93. The van der Waals surface area contributed by atoms with Crippen LogP contribution < -0.4 is 4.74 Å². The summed E-state index contributed by atoms with van der Waals surface area (Å²) < 4.78 is 7.39. The van der Waals surface area contributed by atoms with E-state index in [2.05, 4.69) is 11.1 Å². The molecule has 0 atom stereocenters. The molecule has 0 aliphatic heterocycles. The Hall–Kier alpha value is -2.80. The van der Waals surface area contributed by atoms with Gasteiger partial charge in [0.25, 0.3) is 0 Å². The summed E-state index contributed by atoms with van der Waals surface area (Å²) in [5.41, 5.74) is 4.32. The van der Waals surface area contributed by atoms with Gasteiger partial charge in [-0.25, -0.2) is 4.98 Å². The summed E-state index contributed by atoms with van der Waals surface area (Å²) in [4.78, 5) is 4.61. The highest BCUT2D eigenvalue weighted by Gasteiger charge is 2.08. The van der Waals surface area contributed by atoms with Crippen molar-refractivity contribution >= 4 is 5.65 Å². The summed E-state index contributed by atoms with van der Waals surface area (Å²) in [6.07, 6.45) is 1.96. The van der Waals surface area contributed by atoms with E-state index in [1.165, 1.54) is 0 Å². The molecule has 4 heteroatoms. The lowest BCUT2D eigenvalue weighted by molar-refractivity contribution is 0.340. The highest BCUT2D eigenvalue weighted by Crippen LogP contribution is 2.23. The molecule has 0 fully saturated rings. The number of pyridine rings is 1. The fourth-order valence-corrected chi connectivity index (χ4v) is 2.33. The minimum atomic E-state index is 0.657. The van der Waals surface area contributed by atoms with Gasteiger partial charge in [0, 0.05) is 17.5 Å². The second kappa shape index (κ2) is 5.29. The summed E-state index contributed by atoms with van der Waals surface area (Å²) in [5.74, 6) is 0.855. The van der Waals surface area contributed by atoms with Gasteiger partial charge in [0.05, 0.1) is 17.9 Å². The van der Waals surface area contributed by atoms with Crippen LogP contribution >= 0.6 is 0 Å². The van der Waals surface area contributed by atoms with E-state index in [9.17, 15) is 0 Å². The highest BCUT2D eigenvalue weighted by atomic mass is 16.5. The zero-order chi connectivity index (χ0) is 14.8. The van der Waals surface area contributed by atoms with Gasteiger partial charge in [-0.2, -0.15) is 5.26 Å². The van der Waals surface area contributed by atoms with Crippen LogP contribution in [0.25, 0.3) is 16.9 Å². The Labute approximate surface area is 123 Å². The summed E-state index contributed by atoms with van der Waals surface area (Å²) in [5, 5.41) is 9.09. The number of hydrogen-bond donors (Lipinski definition) is 0. The standard InChI is InChI=1S/C17H15N3O/c1-3-21-15-7-4-13(5-8-15)16-11-20-12(2)14(10-18)6-9-17(20)19-16/h4-9,11H,3H2,1-2H3. The van der Waals surface area contributed by atoms with Crippen LogP contribution in [0.3, 0.4) is 0 Å². The number of nitriles is 1. The summed E-state index contributed by atoms with van der Waals surface area (Å²) in [7, 11) is 0. The van der Waals surface area contributed by atoms with E-state index in [4.69, 9.17) is 10.00 Å². The molecular formula is C17H15N3O. The number of hydrogen-bond acceptors (Lipinski definition) is 3. The minimum absolute atomic E-state index is 0.657. The molecule has 0 unspecified atom stereocenters. The zero-order valence-corrected chi connectivity index (χ0v) is 12.0. The van der Waals surface area contributed by atoms with Crippen molar-refractivity contribution in [3.8, 4) is 23.1 Å². The maximum Gasteiger partial charge on any atom is 0.137 e. The van der Waals surface area contributed by atoms with E-state index in [0.29, 0.717) is 12.2 Å². The van der Waals surface area contributed by atoms with E-state index < -0.39 is 0 Å². The van der Waals surface area contributed by atoms with E-state index in [-0.39, 0.29) is 0 Å². The molecule has 1 aromatic carbocycles. The first-order valence-corrected chi connectivity index (χ1v) is 6.85. The van der Waals surface area contributed by atoms with Gasteiger partial charge >= 0.3 is 0 Å². The molecule has 21 heavy (non-hydrogen) atoms. The van der Waals surface area contributed by atoms with Crippen molar-refractivity contribution in [3.05, 3.63) is 53.9 Å². The molecule has 0 radical (unpaired) electrons. The molecule has 0 bridgehead atoms. The van der Waals surface area contributed by atoms with Crippen LogP contribution in [0.15, 0.2) is 42.6 Å². The van der Waals surface area contributed by atoms with Crippen LogP contribution in [0, 0.1) is 18.3 Å².